The van der Waals surface area contributed by atoms with Crippen LogP contribution in [0.5, 0.6) is 0 Å². The lowest BCUT2D eigenvalue weighted by atomic mass is 10.0. The highest BCUT2D eigenvalue weighted by Crippen LogP contribution is 2.22. The van der Waals surface area contributed by atoms with Crippen LogP contribution in [0.15, 0.2) is 0 Å². The maximum Gasteiger partial charge on any atom is 0.157 e. The van der Waals surface area contributed by atoms with Crippen LogP contribution in [-0.4, -0.2) is 31.7 Å². The van der Waals surface area contributed by atoms with Gasteiger partial charge in [0.15, 0.2) is 6.29 Å². The van der Waals surface area contributed by atoms with Crippen molar-refractivity contribution in [3.05, 3.63) is 0 Å². The summed E-state index contributed by atoms with van der Waals surface area (Å²) in [5.41, 5.74) is -0.0248. The fourth-order valence-corrected chi connectivity index (χ4v) is 7.87. The van der Waals surface area contributed by atoms with Gasteiger partial charge in [-0.1, -0.05) is 232 Å². The Balaban J connectivity index is 1.64. The summed E-state index contributed by atoms with van der Waals surface area (Å²) in [5.74, 6) is 0. The van der Waals surface area contributed by atoms with E-state index in [1.165, 1.54) is 231 Å². The van der Waals surface area contributed by atoms with Gasteiger partial charge < -0.3 is 14.2 Å². The quantitative estimate of drug-likeness (QED) is 0.0592. The molecule has 0 spiro atoms. The van der Waals surface area contributed by atoms with Crippen LogP contribution in [0, 0.1) is 0 Å². The molecule has 3 heteroatoms. The standard InChI is InChI=1S/C47H94O3/c1-4-5-6-7-8-9-10-11-12-13-14-15-16-17-18-19-20-21-22-23-24-25-26-27-28-29-30-31-32-33-34-35-36-37-38-39-43-50-47(2,3)42-40-41-46-48-44-45-49-46/h46H,4-45H2,1-3H3. The fourth-order valence-electron chi connectivity index (χ4n) is 7.87. The zero-order chi connectivity index (χ0) is 35.9. The number of hydrogen-bond acceptors (Lipinski definition) is 3. The minimum absolute atomic E-state index is 0.0248. The first-order chi connectivity index (χ1) is 24.6. The lowest BCUT2D eigenvalue weighted by Gasteiger charge is -2.26. The molecule has 1 saturated heterocycles. The Morgan fingerprint density at radius 1 is 0.380 bits per heavy atom. The SMILES string of the molecule is CCCCCCCCCCCCCCCCCCCCCCCCCCCCCCCCCCCCCCOC(C)(C)CCCC1OCCO1. The summed E-state index contributed by atoms with van der Waals surface area (Å²) in [7, 11) is 0. The molecule has 0 aromatic carbocycles. The van der Waals surface area contributed by atoms with E-state index in [9.17, 15) is 0 Å². The smallest absolute Gasteiger partial charge is 0.157 e. The van der Waals surface area contributed by atoms with Crippen LogP contribution in [0.25, 0.3) is 0 Å². The molecule has 1 aliphatic rings. The molecule has 3 nitrogen and oxygen atoms in total. The van der Waals surface area contributed by atoms with Gasteiger partial charge in [-0.25, -0.2) is 0 Å². The van der Waals surface area contributed by atoms with E-state index in [0.717, 1.165) is 39.1 Å². The highest BCUT2D eigenvalue weighted by atomic mass is 16.7. The van der Waals surface area contributed by atoms with Crippen molar-refractivity contribution >= 4 is 0 Å². The zero-order valence-corrected chi connectivity index (χ0v) is 35.0. The average Bonchev–Trinajstić information content (AvgIpc) is 3.63. The largest absolute Gasteiger partial charge is 0.376 e. The van der Waals surface area contributed by atoms with Gasteiger partial charge in [-0.3, -0.25) is 0 Å². The van der Waals surface area contributed by atoms with Gasteiger partial charge >= 0.3 is 0 Å². The van der Waals surface area contributed by atoms with Crippen molar-refractivity contribution in [1.82, 2.24) is 0 Å². The summed E-state index contributed by atoms with van der Waals surface area (Å²) < 4.78 is 17.3. The molecule has 0 aromatic heterocycles. The third-order valence-corrected chi connectivity index (χ3v) is 11.4. The maximum absolute atomic E-state index is 6.18. The monoisotopic (exact) mass is 707 g/mol. The van der Waals surface area contributed by atoms with Gasteiger partial charge in [0.2, 0.25) is 0 Å². The van der Waals surface area contributed by atoms with E-state index in [2.05, 4.69) is 20.8 Å². The van der Waals surface area contributed by atoms with Crippen LogP contribution >= 0.6 is 0 Å². The van der Waals surface area contributed by atoms with Crippen molar-refractivity contribution in [3.8, 4) is 0 Å². The highest BCUT2D eigenvalue weighted by molar-refractivity contribution is 4.69. The fraction of sp³-hybridized carbons (Fsp3) is 1.00. The summed E-state index contributed by atoms with van der Waals surface area (Å²) in [6.07, 6.45) is 55.7. The van der Waals surface area contributed by atoms with Crippen molar-refractivity contribution in [2.75, 3.05) is 19.8 Å². The van der Waals surface area contributed by atoms with Crippen LogP contribution in [0.1, 0.15) is 271 Å². The highest BCUT2D eigenvalue weighted by Gasteiger charge is 2.21. The Hall–Kier alpha value is -0.120. The summed E-state index contributed by atoms with van der Waals surface area (Å²) >= 11 is 0. The van der Waals surface area contributed by atoms with Crippen molar-refractivity contribution in [2.24, 2.45) is 0 Å². The summed E-state index contributed by atoms with van der Waals surface area (Å²) in [6.45, 7) is 9.18. The number of unbranched alkanes of at least 4 members (excludes halogenated alkanes) is 35. The first-order valence-corrected chi connectivity index (χ1v) is 23.5. The molecule has 0 aliphatic carbocycles. The van der Waals surface area contributed by atoms with Gasteiger partial charge in [-0.05, 0) is 39.5 Å². The molecular weight excluding hydrogens is 613 g/mol. The van der Waals surface area contributed by atoms with E-state index in [1.807, 2.05) is 0 Å². The lowest BCUT2D eigenvalue weighted by molar-refractivity contribution is -0.0592. The zero-order valence-electron chi connectivity index (χ0n) is 35.0. The van der Waals surface area contributed by atoms with E-state index in [1.54, 1.807) is 0 Å². The van der Waals surface area contributed by atoms with Crippen molar-refractivity contribution < 1.29 is 14.2 Å². The number of rotatable bonds is 42. The Morgan fingerprint density at radius 3 is 0.920 bits per heavy atom. The molecular formula is C47H94O3. The number of ether oxygens (including phenoxy) is 3. The molecule has 0 saturated carbocycles. The molecule has 0 amide bonds. The molecule has 0 N–H and O–H groups in total. The Morgan fingerprint density at radius 2 is 0.640 bits per heavy atom. The molecule has 0 aromatic rings. The molecule has 0 unspecified atom stereocenters. The van der Waals surface area contributed by atoms with Gasteiger partial charge in [0.05, 0.1) is 18.8 Å². The lowest BCUT2D eigenvalue weighted by Crippen LogP contribution is -2.25. The predicted molar refractivity (Wildman–Crippen MR) is 221 cm³/mol. The van der Waals surface area contributed by atoms with Crippen LogP contribution in [0.4, 0.5) is 0 Å². The van der Waals surface area contributed by atoms with E-state index >= 15 is 0 Å². The maximum atomic E-state index is 6.18. The second-order valence-electron chi connectivity index (χ2n) is 17.0. The van der Waals surface area contributed by atoms with Crippen LogP contribution < -0.4 is 0 Å². The summed E-state index contributed by atoms with van der Waals surface area (Å²) in [4.78, 5) is 0. The van der Waals surface area contributed by atoms with Gasteiger partial charge in [0.25, 0.3) is 0 Å². The molecule has 1 heterocycles. The van der Waals surface area contributed by atoms with Crippen molar-refractivity contribution in [2.45, 2.75) is 283 Å². The minimum atomic E-state index is -0.0248. The van der Waals surface area contributed by atoms with Gasteiger partial charge in [0.1, 0.15) is 0 Å². The molecule has 0 bridgehead atoms. The first kappa shape index (κ1) is 47.9. The molecule has 300 valence electrons. The molecule has 1 aliphatic heterocycles. The van der Waals surface area contributed by atoms with Crippen molar-refractivity contribution in [1.29, 1.82) is 0 Å². The Bertz CT molecular complexity index is 628. The topological polar surface area (TPSA) is 27.7 Å². The first-order valence-electron chi connectivity index (χ1n) is 23.5. The Labute approximate surface area is 316 Å². The second kappa shape index (κ2) is 38.6. The van der Waals surface area contributed by atoms with Gasteiger partial charge in [-0.2, -0.15) is 0 Å². The predicted octanol–water partition coefficient (Wildman–Crippen LogP) is 16.4. The van der Waals surface area contributed by atoms with Gasteiger partial charge in [0, 0.05) is 6.61 Å². The van der Waals surface area contributed by atoms with E-state index in [0.29, 0.717) is 0 Å². The third kappa shape index (κ3) is 36.2. The van der Waals surface area contributed by atoms with Crippen molar-refractivity contribution in [3.63, 3.8) is 0 Å². The Kier molecular flexibility index (Phi) is 37.0. The summed E-state index contributed by atoms with van der Waals surface area (Å²) in [5, 5.41) is 0. The molecule has 50 heavy (non-hydrogen) atoms. The normalized spacial score (nSPS) is 14.0. The molecule has 1 fully saturated rings. The van der Waals surface area contributed by atoms with E-state index in [-0.39, 0.29) is 11.9 Å². The third-order valence-electron chi connectivity index (χ3n) is 11.4. The van der Waals surface area contributed by atoms with Crippen LogP contribution in [0.2, 0.25) is 0 Å². The molecule has 0 atom stereocenters. The minimum Gasteiger partial charge on any atom is -0.376 e. The average molecular weight is 707 g/mol. The van der Waals surface area contributed by atoms with Gasteiger partial charge in [-0.15, -0.1) is 0 Å². The van der Waals surface area contributed by atoms with Crippen LogP contribution in [-0.2, 0) is 14.2 Å². The molecule has 0 radical (unpaired) electrons. The van der Waals surface area contributed by atoms with E-state index < -0.39 is 0 Å². The summed E-state index contributed by atoms with van der Waals surface area (Å²) in [6, 6.07) is 0. The molecule has 1 rings (SSSR count). The van der Waals surface area contributed by atoms with E-state index in [4.69, 9.17) is 14.2 Å². The van der Waals surface area contributed by atoms with Crippen LogP contribution in [0.3, 0.4) is 0 Å². The second-order valence-corrected chi connectivity index (χ2v) is 17.0. The number of hydrogen-bond donors (Lipinski definition) is 0.